The van der Waals surface area contributed by atoms with Crippen LogP contribution in [0.5, 0.6) is 11.5 Å². The lowest BCUT2D eigenvalue weighted by molar-refractivity contribution is 0.280. The van der Waals surface area contributed by atoms with Crippen molar-refractivity contribution in [3.05, 3.63) is 23.8 Å². The lowest BCUT2D eigenvalue weighted by Gasteiger charge is -2.22. The Morgan fingerprint density at radius 1 is 1.08 bits per heavy atom. The summed E-state index contributed by atoms with van der Waals surface area (Å²) in [5.41, 5.74) is 1.21. The zero-order valence-corrected chi connectivity index (χ0v) is 15.6. The Kier molecular flexibility index (Phi) is 9.04. The third-order valence-corrected chi connectivity index (χ3v) is 5.00. The maximum absolute atomic E-state index is 6.08. The Balaban J connectivity index is 1.84. The smallest absolute Gasteiger partial charge is 0.165 e. The molecule has 1 aromatic rings. The molecule has 3 nitrogen and oxygen atoms in total. The fraction of sp³-hybridized carbons (Fsp3) is 0.714. The average molecular weight is 334 g/mol. The summed E-state index contributed by atoms with van der Waals surface area (Å²) < 4.78 is 11.6. The van der Waals surface area contributed by atoms with E-state index in [9.17, 15) is 0 Å². The van der Waals surface area contributed by atoms with Gasteiger partial charge >= 0.3 is 0 Å². The van der Waals surface area contributed by atoms with Gasteiger partial charge in [0.15, 0.2) is 11.5 Å². The summed E-state index contributed by atoms with van der Waals surface area (Å²) in [7, 11) is 1.72. The summed E-state index contributed by atoms with van der Waals surface area (Å²) in [4.78, 5) is 0. The van der Waals surface area contributed by atoms with Crippen molar-refractivity contribution in [2.75, 3.05) is 20.3 Å². The molecule has 2 rings (SSSR count). The third-order valence-electron chi connectivity index (χ3n) is 5.00. The minimum atomic E-state index is 0.774. The number of hydrogen-bond donors (Lipinski definition) is 1. The summed E-state index contributed by atoms with van der Waals surface area (Å²) in [6.07, 6.45) is 11.9. The Hall–Kier alpha value is -1.22. The fourth-order valence-corrected chi connectivity index (χ4v) is 3.53. The van der Waals surface area contributed by atoms with Gasteiger partial charge in [-0.2, -0.15) is 0 Å². The molecule has 1 aromatic carbocycles. The van der Waals surface area contributed by atoms with Crippen molar-refractivity contribution in [2.45, 2.75) is 71.3 Å². The number of methoxy groups -OCH3 is 1. The number of benzene rings is 1. The van der Waals surface area contributed by atoms with Gasteiger partial charge in [-0.15, -0.1) is 0 Å². The molecule has 0 unspecified atom stereocenters. The summed E-state index contributed by atoms with van der Waals surface area (Å²) in [5.74, 6) is 2.62. The maximum Gasteiger partial charge on any atom is 0.165 e. The second kappa shape index (κ2) is 11.4. The third kappa shape index (κ3) is 6.35. The van der Waals surface area contributed by atoms with Crippen LogP contribution in [0.1, 0.15) is 70.3 Å². The van der Waals surface area contributed by atoms with E-state index in [-0.39, 0.29) is 0 Å². The largest absolute Gasteiger partial charge is 0.493 e. The van der Waals surface area contributed by atoms with Gasteiger partial charge < -0.3 is 14.8 Å². The van der Waals surface area contributed by atoms with Gasteiger partial charge in [0.1, 0.15) is 0 Å². The molecule has 0 saturated heterocycles. The van der Waals surface area contributed by atoms with E-state index in [0.29, 0.717) is 0 Å². The van der Waals surface area contributed by atoms with Crippen LogP contribution in [-0.4, -0.2) is 20.3 Å². The molecule has 3 heteroatoms. The van der Waals surface area contributed by atoms with Crippen molar-refractivity contribution in [3.8, 4) is 11.5 Å². The molecule has 0 radical (unpaired) electrons. The van der Waals surface area contributed by atoms with Gasteiger partial charge in [-0.05, 0) is 37.8 Å². The molecule has 0 amide bonds. The van der Waals surface area contributed by atoms with Crippen LogP contribution in [0, 0.1) is 5.92 Å². The average Bonchev–Trinajstić information content (AvgIpc) is 2.63. The fourth-order valence-electron chi connectivity index (χ4n) is 3.53. The summed E-state index contributed by atoms with van der Waals surface area (Å²) in [6, 6.07) is 6.20. The molecule has 0 heterocycles. The van der Waals surface area contributed by atoms with Crippen LogP contribution in [0.2, 0.25) is 0 Å². The Bertz CT molecular complexity index is 455. The second-order valence-electron chi connectivity index (χ2n) is 6.99. The van der Waals surface area contributed by atoms with Gasteiger partial charge in [0.25, 0.3) is 0 Å². The van der Waals surface area contributed by atoms with Gasteiger partial charge in [0, 0.05) is 12.1 Å². The first-order valence-electron chi connectivity index (χ1n) is 9.84. The van der Waals surface area contributed by atoms with E-state index in [1.54, 1.807) is 7.11 Å². The van der Waals surface area contributed by atoms with Gasteiger partial charge in [0.2, 0.25) is 0 Å². The SMILES string of the molecule is CCCCCCOc1c(CNCC2CCCCC2)cccc1OC. The molecule has 1 saturated carbocycles. The molecule has 0 aromatic heterocycles. The van der Waals surface area contributed by atoms with Crippen molar-refractivity contribution in [3.63, 3.8) is 0 Å². The molecule has 136 valence electrons. The molecule has 0 aliphatic heterocycles. The van der Waals surface area contributed by atoms with Gasteiger partial charge in [0.05, 0.1) is 13.7 Å². The molecule has 1 aliphatic carbocycles. The minimum absolute atomic E-state index is 0.774. The Morgan fingerprint density at radius 2 is 1.92 bits per heavy atom. The van der Waals surface area contributed by atoms with Crippen molar-refractivity contribution in [1.82, 2.24) is 5.32 Å². The topological polar surface area (TPSA) is 30.5 Å². The lowest BCUT2D eigenvalue weighted by atomic mass is 9.89. The maximum atomic E-state index is 6.08. The van der Waals surface area contributed by atoms with Gasteiger partial charge in [-0.1, -0.05) is 57.6 Å². The molecule has 0 atom stereocenters. The predicted octanol–water partition coefficient (Wildman–Crippen LogP) is 5.32. The van der Waals surface area contributed by atoms with Gasteiger partial charge in [-0.25, -0.2) is 0 Å². The highest BCUT2D eigenvalue weighted by atomic mass is 16.5. The molecular formula is C21H35NO2. The molecule has 1 aliphatic rings. The number of unbranched alkanes of at least 4 members (excludes halogenated alkanes) is 3. The zero-order chi connectivity index (χ0) is 17.0. The van der Waals surface area contributed by atoms with E-state index in [2.05, 4.69) is 24.4 Å². The normalized spacial score (nSPS) is 15.4. The number of nitrogens with one attached hydrogen (secondary N) is 1. The monoisotopic (exact) mass is 333 g/mol. The predicted molar refractivity (Wildman–Crippen MR) is 101 cm³/mol. The molecule has 0 bridgehead atoms. The number of hydrogen-bond acceptors (Lipinski definition) is 3. The number of para-hydroxylation sites is 1. The van der Waals surface area contributed by atoms with Crippen molar-refractivity contribution in [1.29, 1.82) is 0 Å². The number of ether oxygens (including phenoxy) is 2. The van der Waals surface area contributed by atoms with Crippen molar-refractivity contribution in [2.24, 2.45) is 5.92 Å². The standard InChI is InChI=1S/C21H35NO2/c1-3-4-5-9-15-24-21-19(13-10-14-20(21)23-2)17-22-16-18-11-7-6-8-12-18/h10,13-14,18,22H,3-9,11-12,15-17H2,1-2H3. The van der Waals surface area contributed by atoms with Crippen LogP contribution >= 0.6 is 0 Å². The molecular weight excluding hydrogens is 298 g/mol. The molecule has 1 fully saturated rings. The lowest BCUT2D eigenvalue weighted by Crippen LogP contribution is -2.24. The summed E-state index contributed by atoms with van der Waals surface area (Å²) >= 11 is 0. The van der Waals surface area contributed by atoms with Crippen LogP contribution < -0.4 is 14.8 Å². The Morgan fingerprint density at radius 3 is 2.67 bits per heavy atom. The first-order valence-corrected chi connectivity index (χ1v) is 9.84. The van der Waals surface area contributed by atoms with Crippen molar-refractivity contribution < 1.29 is 9.47 Å². The summed E-state index contributed by atoms with van der Waals surface area (Å²) in [6.45, 7) is 4.98. The summed E-state index contributed by atoms with van der Waals surface area (Å²) in [5, 5.41) is 3.64. The van der Waals surface area contributed by atoms with E-state index in [4.69, 9.17) is 9.47 Å². The molecule has 24 heavy (non-hydrogen) atoms. The molecule has 0 spiro atoms. The minimum Gasteiger partial charge on any atom is -0.493 e. The van der Waals surface area contributed by atoms with Crippen LogP contribution in [-0.2, 0) is 6.54 Å². The van der Waals surface area contributed by atoms with Crippen LogP contribution in [0.15, 0.2) is 18.2 Å². The highest BCUT2D eigenvalue weighted by Gasteiger charge is 2.14. The van der Waals surface area contributed by atoms with Crippen LogP contribution in [0.3, 0.4) is 0 Å². The van der Waals surface area contributed by atoms with Crippen molar-refractivity contribution >= 4 is 0 Å². The highest BCUT2D eigenvalue weighted by molar-refractivity contribution is 5.46. The van der Waals surface area contributed by atoms with E-state index in [0.717, 1.165) is 43.5 Å². The van der Waals surface area contributed by atoms with Crippen LogP contribution in [0.4, 0.5) is 0 Å². The van der Waals surface area contributed by atoms with Crippen LogP contribution in [0.25, 0.3) is 0 Å². The quantitative estimate of drug-likeness (QED) is 0.556. The Labute approximate surface area is 148 Å². The molecule has 1 N–H and O–H groups in total. The first kappa shape index (κ1) is 19.1. The highest BCUT2D eigenvalue weighted by Crippen LogP contribution is 2.31. The van der Waals surface area contributed by atoms with E-state index in [1.807, 2.05) is 6.07 Å². The second-order valence-corrected chi connectivity index (χ2v) is 6.99. The van der Waals surface area contributed by atoms with E-state index in [1.165, 1.54) is 56.9 Å². The first-order chi connectivity index (χ1) is 11.8. The van der Waals surface area contributed by atoms with Gasteiger partial charge in [-0.3, -0.25) is 0 Å². The zero-order valence-electron chi connectivity index (χ0n) is 15.6. The number of rotatable bonds is 11. The van der Waals surface area contributed by atoms with E-state index >= 15 is 0 Å². The van der Waals surface area contributed by atoms with E-state index < -0.39 is 0 Å².